The van der Waals surface area contributed by atoms with Crippen molar-refractivity contribution in [3.05, 3.63) is 41.3 Å². The number of furan rings is 1. The molecule has 0 aliphatic carbocycles. The van der Waals surface area contributed by atoms with Gasteiger partial charge in [-0.25, -0.2) is 4.98 Å². The summed E-state index contributed by atoms with van der Waals surface area (Å²) in [6.07, 6.45) is -4.42. The summed E-state index contributed by atoms with van der Waals surface area (Å²) in [6, 6.07) is 5.23. The average molecular weight is 299 g/mol. The van der Waals surface area contributed by atoms with Crippen molar-refractivity contribution >= 4 is 11.6 Å². The molecule has 0 aliphatic heterocycles. The molecule has 4 nitrogen and oxygen atoms in total. The van der Waals surface area contributed by atoms with Crippen LogP contribution in [0.1, 0.15) is 30.0 Å². The second-order valence-corrected chi connectivity index (χ2v) is 4.69. The van der Waals surface area contributed by atoms with Gasteiger partial charge in [-0.3, -0.25) is 0 Å². The highest BCUT2D eigenvalue weighted by molar-refractivity contribution is 5.50. The minimum atomic E-state index is -4.42. The molecule has 114 valence electrons. The van der Waals surface area contributed by atoms with E-state index in [1.807, 2.05) is 0 Å². The van der Waals surface area contributed by atoms with Crippen molar-refractivity contribution < 1.29 is 17.6 Å². The first-order chi connectivity index (χ1) is 9.79. The molecule has 0 fully saturated rings. The van der Waals surface area contributed by atoms with Crippen molar-refractivity contribution in [3.63, 3.8) is 0 Å². The Morgan fingerprint density at radius 3 is 2.38 bits per heavy atom. The van der Waals surface area contributed by atoms with E-state index in [4.69, 9.17) is 4.42 Å². The summed E-state index contributed by atoms with van der Waals surface area (Å²) < 4.78 is 44.0. The first kappa shape index (κ1) is 15.2. The highest BCUT2D eigenvalue weighted by atomic mass is 19.4. The van der Waals surface area contributed by atoms with E-state index in [1.54, 1.807) is 26.0 Å². The van der Waals surface area contributed by atoms with Crippen molar-refractivity contribution in [2.75, 3.05) is 17.7 Å². The molecule has 0 radical (unpaired) electrons. The normalized spacial score (nSPS) is 13.0. The molecule has 21 heavy (non-hydrogen) atoms. The third-order valence-electron chi connectivity index (χ3n) is 2.96. The van der Waals surface area contributed by atoms with Gasteiger partial charge >= 0.3 is 6.18 Å². The number of nitrogens with one attached hydrogen (secondary N) is 2. The Labute approximate surface area is 120 Å². The van der Waals surface area contributed by atoms with Gasteiger partial charge in [0.25, 0.3) is 0 Å². The molecule has 2 aromatic heterocycles. The Bertz CT molecular complexity index is 622. The monoisotopic (exact) mass is 299 g/mol. The predicted molar refractivity (Wildman–Crippen MR) is 74.3 cm³/mol. The molecular weight excluding hydrogens is 283 g/mol. The quantitative estimate of drug-likeness (QED) is 0.887. The summed E-state index contributed by atoms with van der Waals surface area (Å²) in [5.41, 5.74) is -0.757. The van der Waals surface area contributed by atoms with E-state index in [0.29, 0.717) is 5.76 Å². The van der Waals surface area contributed by atoms with Crippen LogP contribution >= 0.6 is 0 Å². The van der Waals surface area contributed by atoms with Crippen molar-refractivity contribution in [1.82, 2.24) is 4.98 Å². The lowest BCUT2D eigenvalue weighted by molar-refractivity contribution is -0.137. The van der Waals surface area contributed by atoms with Gasteiger partial charge in [0.05, 0.1) is 11.6 Å². The van der Waals surface area contributed by atoms with Crippen LogP contribution in [0.5, 0.6) is 0 Å². The zero-order chi connectivity index (χ0) is 15.6. The van der Waals surface area contributed by atoms with Crippen LogP contribution in [0.4, 0.5) is 24.8 Å². The van der Waals surface area contributed by atoms with Crippen molar-refractivity contribution in [3.8, 4) is 0 Å². The van der Waals surface area contributed by atoms with Gasteiger partial charge in [-0.1, -0.05) is 0 Å². The molecule has 0 aliphatic rings. The van der Waals surface area contributed by atoms with Crippen molar-refractivity contribution in [1.29, 1.82) is 0 Å². The number of alkyl halides is 3. The van der Waals surface area contributed by atoms with Crippen LogP contribution in [-0.2, 0) is 6.18 Å². The van der Waals surface area contributed by atoms with Gasteiger partial charge in [-0.15, -0.1) is 0 Å². The van der Waals surface area contributed by atoms with Crippen molar-refractivity contribution in [2.24, 2.45) is 0 Å². The summed E-state index contributed by atoms with van der Waals surface area (Å²) in [6.45, 7) is 3.59. The molecule has 1 unspecified atom stereocenters. The number of hydrogen-bond donors (Lipinski definition) is 2. The van der Waals surface area contributed by atoms with Gasteiger partial charge in [-0.2, -0.15) is 13.2 Å². The van der Waals surface area contributed by atoms with Gasteiger partial charge in [0.15, 0.2) is 0 Å². The van der Waals surface area contributed by atoms with Gasteiger partial charge in [0.1, 0.15) is 23.2 Å². The highest BCUT2D eigenvalue weighted by Gasteiger charge is 2.31. The molecule has 0 spiro atoms. The van der Waals surface area contributed by atoms with E-state index in [1.165, 1.54) is 7.05 Å². The number of hydrogen-bond acceptors (Lipinski definition) is 4. The summed E-state index contributed by atoms with van der Waals surface area (Å²) in [5, 5.41) is 5.54. The Kier molecular flexibility index (Phi) is 4.11. The van der Waals surface area contributed by atoms with Crippen LogP contribution < -0.4 is 10.6 Å². The molecule has 0 amide bonds. The predicted octanol–water partition coefficient (Wildman–Crippen LogP) is 4.22. The smallest absolute Gasteiger partial charge is 0.416 e. The zero-order valence-electron chi connectivity index (χ0n) is 11.9. The molecule has 2 rings (SSSR count). The summed E-state index contributed by atoms with van der Waals surface area (Å²) >= 11 is 0. The fourth-order valence-electron chi connectivity index (χ4n) is 1.88. The summed E-state index contributed by atoms with van der Waals surface area (Å²) in [7, 11) is 1.52. The highest BCUT2D eigenvalue weighted by Crippen LogP contribution is 2.32. The fourth-order valence-corrected chi connectivity index (χ4v) is 1.88. The van der Waals surface area contributed by atoms with Gasteiger partial charge < -0.3 is 15.1 Å². The molecule has 0 bridgehead atoms. The van der Waals surface area contributed by atoms with Crippen LogP contribution in [0.25, 0.3) is 0 Å². The van der Waals surface area contributed by atoms with E-state index in [2.05, 4.69) is 15.6 Å². The number of rotatable bonds is 4. The molecule has 0 aromatic carbocycles. The van der Waals surface area contributed by atoms with Crippen LogP contribution in [-0.4, -0.2) is 12.0 Å². The van der Waals surface area contributed by atoms with Gasteiger partial charge in [0, 0.05) is 7.05 Å². The van der Waals surface area contributed by atoms with Crippen LogP contribution in [0, 0.1) is 6.92 Å². The Morgan fingerprint density at radius 2 is 1.86 bits per heavy atom. The van der Waals surface area contributed by atoms with E-state index in [9.17, 15) is 13.2 Å². The minimum Gasteiger partial charge on any atom is -0.464 e. The maximum absolute atomic E-state index is 12.8. The molecule has 7 heteroatoms. The number of aromatic nitrogens is 1. The maximum Gasteiger partial charge on any atom is 0.416 e. The number of anilines is 2. The maximum atomic E-state index is 12.8. The average Bonchev–Trinajstić information content (AvgIpc) is 2.84. The fraction of sp³-hybridized carbons (Fsp3) is 0.357. The SMILES string of the molecule is CNc1cc(C(F)(F)F)cc(NC(C)c2ccc(C)o2)n1. The van der Waals surface area contributed by atoms with Crippen molar-refractivity contribution in [2.45, 2.75) is 26.1 Å². The summed E-state index contributed by atoms with van der Waals surface area (Å²) in [5.74, 6) is 1.66. The first-order valence-electron chi connectivity index (χ1n) is 6.39. The van der Waals surface area contributed by atoms with Gasteiger partial charge in [-0.05, 0) is 38.1 Å². The second-order valence-electron chi connectivity index (χ2n) is 4.69. The van der Waals surface area contributed by atoms with E-state index in [0.717, 1.165) is 17.9 Å². The summed E-state index contributed by atoms with van der Waals surface area (Å²) in [4.78, 5) is 4.07. The van der Waals surface area contributed by atoms with E-state index < -0.39 is 11.7 Å². The Morgan fingerprint density at radius 1 is 1.19 bits per heavy atom. The number of halogens is 3. The standard InChI is InChI=1S/C14H16F3N3O/c1-8-4-5-11(21-8)9(2)19-13-7-10(14(15,16)17)6-12(18-3)20-13/h4-7,9H,1-3H3,(H2,18,19,20). The third-order valence-corrected chi connectivity index (χ3v) is 2.96. The van der Waals surface area contributed by atoms with Gasteiger partial charge in [0.2, 0.25) is 0 Å². The molecule has 0 saturated carbocycles. The molecule has 1 atom stereocenters. The molecular formula is C14H16F3N3O. The number of pyridine rings is 1. The largest absolute Gasteiger partial charge is 0.464 e. The first-order valence-corrected chi connectivity index (χ1v) is 6.39. The molecule has 0 saturated heterocycles. The van der Waals surface area contributed by atoms with E-state index in [-0.39, 0.29) is 17.7 Å². The number of aryl methyl sites for hydroxylation is 1. The van der Waals surface area contributed by atoms with Crippen LogP contribution in [0.2, 0.25) is 0 Å². The minimum absolute atomic E-state index is 0.135. The lowest BCUT2D eigenvalue weighted by atomic mass is 10.2. The lowest BCUT2D eigenvalue weighted by Gasteiger charge is -2.15. The number of nitrogens with zero attached hydrogens (tertiary/aromatic N) is 1. The third kappa shape index (κ3) is 3.68. The van der Waals surface area contributed by atoms with E-state index >= 15 is 0 Å². The second kappa shape index (κ2) is 5.67. The molecule has 2 aromatic rings. The molecule has 2 heterocycles. The Balaban J connectivity index is 2.27. The zero-order valence-corrected chi connectivity index (χ0v) is 11.9. The molecule has 2 N–H and O–H groups in total. The topological polar surface area (TPSA) is 50.1 Å². The van der Waals surface area contributed by atoms with Crippen LogP contribution in [0.3, 0.4) is 0 Å². The van der Waals surface area contributed by atoms with Crippen LogP contribution in [0.15, 0.2) is 28.7 Å². The Hall–Kier alpha value is -2.18. The lowest BCUT2D eigenvalue weighted by Crippen LogP contribution is -2.12.